The number of nitrogens with zero attached hydrogens (tertiary/aromatic N) is 1. The van der Waals surface area contributed by atoms with Crippen molar-refractivity contribution < 1.29 is 28.6 Å². The molecule has 0 unspecified atom stereocenters. The molecule has 0 saturated carbocycles. The Balaban J connectivity index is 2.94. The summed E-state index contributed by atoms with van der Waals surface area (Å²) < 4.78 is 15.3. The van der Waals surface area contributed by atoms with E-state index >= 15 is 0 Å². The van der Waals surface area contributed by atoms with Crippen LogP contribution in [-0.4, -0.2) is 54.3 Å². The van der Waals surface area contributed by atoms with Crippen molar-refractivity contribution in [3.8, 4) is 0 Å². The fourth-order valence-electron chi connectivity index (χ4n) is 2.33. The van der Waals surface area contributed by atoms with Crippen molar-refractivity contribution in [3.63, 3.8) is 0 Å². The van der Waals surface area contributed by atoms with E-state index in [9.17, 15) is 14.4 Å². The number of carbonyl (C=O) groups excluding carboxylic acids is 3. The van der Waals surface area contributed by atoms with E-state index in [2.05, 4.69) is 0 Å². The van der Waals surface area contributed by atoms with Crippen LogP contribution in [0.4, 0.5) is 4.79 Å². The molecule has 22 heavy (non-hydrogen) atoms. The third-order valence-corrected chi connectivity index (χ3v) is 3.14. The van der Waals surface area contributed by atoms with Gasteiger partial charge >= 0.3 is 18.0 Å². The summed E-state index contributed by atoms with van der Waals surface area (Å²) in [5.74, 6) is -1.82. The standard InChI is InChI=1S/C15H25NO6/c1-6-20-12(17)10-8-9-16(11(10)13(18)21-7-2)14(19)22-15(3,4)5/h10-11H,6-9H2,1-5H3/t10-,11-/m0/s1. The molecular formula is C15H25NO6. The molecular weight excluding hydrogens is 290 g/mol. The summed E-state index contributed by atoms with van der Waals surface area (Å²) >= 11 is 0. The molecule has 0 aromatic heterocycles. The lowest BCUT2D eigenvalue weighted by Crippen LogP contribution is -2.47. The van der Waals surface area contributed by atoms with Gasteiger partial charge in [-0.2, -0.15) is 0 Å². The number of amides is 1. The predicted octanol–water partition coefficient (Wildman–Crippen LogP) is 1.74. The topological polar surface area (TPSA) is 82.1 Å². The second-order valence-corrected chi connectivity index (χ2v) is 6.02. The summed E-state index contributed by atoms with van der Waals surface area (Å²) in [6.07, 6.45) is -0.279. The van der Waals surface area contributed by atoms with Crippen molar-refractivity contribution in [1.82, 2.24) is 4.90 Å². The minimum atomic E-state index is -0.992. The lowest BCUT2D eigenvalue weighted by Gasteiger charge is -2.28. The first-order valence-corrected chi connectivity index (χ1v) is 7.54. The average Bonchev–Trinajstić information content (AvgIpc) is 2.82. The van der Waals surface area contributed by atoms with Crippen LogP contribution in [0, 0.1) is 5.92 Å². The zero-order chi connectivity index (χ0) is 16.9. The summed E-state index contributed by atoms with van der Waals surface area (Å²) in [6, 6.07) is -0.992. The zero-order valence-electron chi connectivity index (χ0n) is 13.9. The van der Waals surface area contributed by atoms with Gasteiger partial charge in [-0.15, -0.1) is 0 Å². The third-order valence-electron chi connectivity index (χ3n) is 3.14. The molecule has 1 fully saturated rings. The van der Waals surface area contributed by atoms with Crippen LogP contribution >= 0.6 is 0 Å². The fraction of sp³-hybridized carbons (Fsp3) is 0.800. The van der Waals surface area contributed by atoms with Gasteiger partial charge in [0, 0.05) is 6.54 Å². The molecule has 0 bridgehead atoms. The molecule has 1 aliphatic rings. The summed E-state index contributed by atoms with van der Waals surface area (Å²) in [5, 5.41) is 0. The quantitative estimate of drug-likeness (QED) is 0.580. The van der Waals surface area contributed by atoms with Gasteiger partial charge in [-0.1, -0.05) is 0 Å². The first-order chi connectivity index (χ1) is 10.2. The second-order valence-electron chi connectivity index (χ2n) is 6.02. The van der Waals surface area contributed by atoms with Crippen molar-refractivity contribution in [1.29, 1.82) is 0 Å². The van der Waals surface area contributed by atoms with Crippen LogP contribution in [0.15, 0.2) is 0 Å². The van der Waals surface area contributed by atoms with E-state index < -0.39 is 35.6 Å². The first-order valence-electron chi connectivity index (χ1n) is 7.54. The highest BCUT2D eigenvalue weighted by Gasteiger charge is 2.48. The van der Waals surface area contributed by atoms with Crippen molar-refractivity contribution in [2.75, 3.05) is 19.8 Å². The predicted molar refractivity (Wildman–Crippen MR) is 78.1 cm³/mol. The molecule has 0 aliphatic carbocycles. The molecule has 0 radical (unpaired) electrons. The van der Waals surface area contributed by atoms with Gasteiger partial charge in [0.1, 0.15) is 11.6 Å². The van der Waals surface area contributed by atoms with Gasteiger partial charge in [-0.3, -0.25) is 9.69 Å². The summed E-state index contributed by atoms with van der Waals surface area (Å²) in [5.41, 5.74) is -0.682. The highest BCUT2D eigenvalue weighted by molar-refractivity contribution is 5.89. The Morgan fingerprint density at radius 3 is 2.09 bits per heavy atom. The number of ether oxygens (including phenoxy) is 3. The van der Waals surface area contributed by atoms with E-state index in [0.29, 0.717) is 6.42 Å². The molecule has 0 spiro atoms. The molecule has 0 aromatic rings. The number of esters is 2. The van der Waals surface area contributed by atoms with Crippen LogP contribution in [0.2, 0.25) is 0 Å². The molecule has 7 heteroatoms. The Hall–Kier alpha value is -1.79. The molecule has 1 rings (SSSR count). The van der Waals surface area contributed by atoms with Crippen molar-refractivity contribution in [2.45, 2.75) is 52.7 Å². The molecule has 1 aliphatic heterocycles. The number of likely N-dealkylation sites (tertiary alicyclic amines) is 1. The minimum Gasteiger partial charge on any atom is -0.466 e. The van der Waals surface area contributed by atoms with E-state index in [4.69, 9.17) is 14.2 Å². The second kappa shape index (κ2) is 7.47. The lowest BCUT2D eigenvalue weighted by molar-refractivity contribution is -0.158. The smallest absolute Gasteiger partial charge is 0.411 e. The Kier molecular flexibility index (Phi) is 6.20. The first kappa shape index (κ1) is 18.3. The van der Waals surface area contributed by atoms with Crippen LogP contribution in [0.5, 0.6) is 0 Å². The molecule has 7 nitrogen and oxygen atoms in total. The summed E-state index contributed by atoms with van der Waals surface area (Å²) in [7, 11) is 0. The Labute approximate surface area is 130 Å². The molecule has 2 atom stereocenters. The molecule has 1 saturated heterocycles. The van der Waals surface area contributed by atoms with Gasteiger partial charge in [0.15, 0.2) is 0 Å². The maximum Gasteiger partial charge on any atom is 0.411 e. The third kappa shape index (κ3) is 4.61. The van der Waals surface area contributed by atoms with Gasteiger partial charge < -0.3 is 14.2 Å². The maximum atomic E-state index is 12.2. The molecule has 0 N–H and O–H groups in total. The van der Waals surface area contributed by atoms with Gasteiger partial charge in [-0.05, 0) is 41.0 Å². The maximum absolute atomic E-state index is 12.2. The van der Waals surface area contributed by atoms with Crippen LogP contribution in [0.1, 0.15) is 41.0 Å². The lowest BCUT2D eigenvalue weighted by atomic mass is 10.0. The van der Waals surface area contributed by atoms with Crippen LogP contribution in [0.3, 0.4) is 0 Å². The number of hydrogen-bond donors (Lipinski definition) is 0. The highest BCUT2D eigenvalue weighted by Crippen LogP contribution is 2.28. The highest BCUT2D eigenvalue weighted by atomic mass is 16.6. The fourth-order valence-corrected chi connectivity index (χ4v) is 2.33. The monoisotopic (exact) mass is 315 g/mol. The number of carbonyl (C=O) groups is 3. The summed E-state index contributed by atoms with van der Waals surface area (Å²) in [6.45, 7) is 9.23. The van der Waals surface area contributed by atoms with Gasteiger partial charge in [0.25, 0.3) is 0 Å². The minimum absolute atomic E-state index is 0.174. The molecule has 1 heterocycles. The molecule has 1 amide bonds. The van der Waals surface area contributed by atoms with E-state index in [1.807, 2.05) is 0 Å². The SMILES string of the molecule is CCOC(=O)[C@H]1CCN(C(=O)OC(C)(C)C)[C@@H]1C(=O)OCC. The largest absolute Gasteiger partial charge is 0.466 e. The van der Waals surface area contributed by atoms with Gasteiger partial charge in [0.05, 0.1) is 19.1 Å². The van der Waals surface area contributed by atoms with E-state index in [1.165, 1.54) is 4.90 Å². The van der Waals surface area contributed by atoms with Crippen molar-refractivity contribution in [3.05, 3.63) is 0 Å². The van der Waals surface area contributed by atoms with Gasteiger partial charge in [0.2, 0.25) is 0 Å². The van der Waals surface area contributed by atoms with Crippen LogP contribution < -0.4 is 0 Å². The summed E-state index contributed by atoms with van der Waals surface area (Å²) in [4.78, 5) is 37.7. The Morgan fingerprint density at radius 2 is 1.59 bits per heavy atom. The van der Waals surface area contributed by atoms with E-state index in [-0.39, 0.29) is 19.8 Å². The van der Waals surface area contributed by atoms with Crippen molar-refractivity contribution in [2.24, 2.45) is 5.92 Å². The van der Waals surface area contributed by atoms with Gasteiger partial charge in [-0.25, -0.2) is 9.59 Å². The van der Waals surface area contributed by atoms with E-state index in [1.54, 1.807) is 34.6 Å². The Morgan fingerprint density at radius 1 is 1.05 bits per heavy atom. The average molecular weight is 315 g/mol. The van der Waals surface area contributed by atoms with E-state index in [0.717, 1.165) is 0 Å². The number of hydrogen-bond acceptors (Lipinski definition) is 6. The van der Waals surface area contributed by atoms with Crippen LogP contribution in [0.25, 0.3) is 0 Å². The normalized spacial score (nSPS) is 21.4. The van der Waals surface area contributed by atoms with Crippen molar-refractivity contribution >= 4 is 18.0 Å². The zero-order valence-corrected chi connectivity index (χ0v) is 13.9. The molecule has 126 valence electrons. The molecule has 0 aromatic carbocycles. The van der Waals surface area contributed by atoms with Crippen LogP contribution in [-0.2, 0) is 23.8 Å². The Bertz CT molecular complexity index is 428. The number of rotatable bonds is 4.